The Balaban J connectivity index is 2.81. The minimum Gasteiger partial charge on any atom is -0.212 e. The number of sulfonamides is 1. The zero-order chi connectivity index (χ0) is 10.8. The van der Waals surface area contributed by atoms with Crippen LogP contribution in [0.25, 0.3) is 0 Å². The Morgan fingerprint density at radius 1 is 1.36 bits per heavy atom. The summed E-state index contributed by atoms with van der Waals surface area (Å²) in [5, 5.41) is 0. The highest BCUT2D eigenvalue weighted by molar-refractivity contribution is 7.88. The first-order valence-corrected chi connectivity index (χ1v) is 7.30. The molecule has 1 saturated heterocycles. The van der Waals surface area contributed by atoms with Crippen LogP contribution in [0.15, 0.2) is 0 Å². The van der Waals surface area contributed by atoms with Gasteiger partial charge in [0.05, 0.1) is 6.26 Å². The van der Waals surface area contributed by atoms with Crippen LogP contribution in [-0.2, 0) is 10.0 Å². The average Bonchev–Trinajstić information content (AvgIpc) is 2.02. The van der Waals surface area contributed by atoms with Crippen molar-refractivity contribution in [3.05, 3.63) is 0 Å². The van der Waals surface area contributed by atoms with Gasteiger partial charge in [0.1, 0.15) is 0 Å². The second kappa shape index (κ2) is 4.62. The highest BCUT2D eigenvalue weighted by atomic mass is 32.2. The van der Waals surface area contributed by atoms with E-state index in [4.69, 9.17) is 0 Å². The molecule has 0 spiro atoms. The third-order valence-corrected chi connectivity index (χ3v) is 4.38. The molecule has 1 rings (SSSR count). The first kappa shape index (κ1) is 12.0. The average molecular weight is 219 g/mol. The summed E-state index contributed by atoms with van der Waals surface area (Å²) in [5.41, 5.74) is 0. The van der Waals surface area contributed by atoms with E-state index < -0.39 is 10.0 Å². The van der Waals surface area contributed by atoms with Crippen molar-refractivity contribution >= 4 is 10.0 Å². The van der Waals surface area contributed by atoms with Crippen LogP contribution in [-0.4, -0.2) is 31.1 Å². The van der Waals surface area contributed by atoms with Gasteiger partial charge in [-0.05, 0) is 26.2 Å². The van der Waals surface area contributed by atoms with E-state index in [1.54, 1.807) is 4.31 Å². The Labute approximate surface area is 87.5 Å². The summed E-state index contributed by atoms with van der Waals surface area (Å²) < 4.78 is 24.9. The lowest BCUT2D eigenvalue weighted by atomic mass is 9.96. The summed E-state index contributed by atoms with van der Waals surface area (Å²) in [6.45, 7) is 4.13. The molecule has 84 valence electrons. The van der Waals surface area contributed by atoms with Crippen molar-refractivity contribution in [2.75, 3.05) is 6.26 Å². The van der Waals surface area contributed by atoms with E-state index in [-0.39, 0.29) is 12.1 Å². The largest absolute Gasteiger partial charge is 0.212 e. The van der Waals surface area contributed by atoms with Gasteiger partial charge in [0.15, 0.2) is 0 Å². The third-order valence-electron chi connectivity index (χ3n) is 2.96. The van der Waals surface area contributed by atoms with E-state index in [0.29, 0.717) is 0 Å². The molecule has 1 aliphatic heterocycles. The van der Waals surface area contributed by atoms with E-state index in [9.17, 15) is 8.42 Å². The molecule has 3 nitrogen and oxygen atoms in total. The van der Waals surface area contributed by atoms with Crippen LogP contribution >= 0.6 is 0 Å². The molecule has 0 aromatic heterocycles. The Morgan fingerprint density at radius 3 is 2.50 bits per heavy atom. The van der Waals surface area contributed by atoms with Crippen molar-refractivity contribution in [2.24, 2.45) is 0 Å². The van der Waals surface area contributed by atoms with Crippen molar-refractivity contribution < 1.29 is 8.42 Å². The van der Waals surface area contributed by atoms with Crippen LogP contribution in [0.1, 0.15) is 46.0 Å². The molecule has 0 N–H and O–H groups in total. The molecule has 0 aromatic carbocycles. The Kier molecular flexibility index (Phi) is 3.95. The van der Waals surface area contributed by atoms with Gasteiger partial charge < -0.3 is 0 Å². The lowest BCUT2D eigenvalue weighted by Crippen LogP contribution is -2.48. The van der Waals surface area contributed by atoms with Crippen molar-refractivity contribution in [2.45, 2.75) is 58.0 Å². The Bertz CT molecular complexity index is 272. The number of hydrogen-bond acceptors (Lipinski definition) is 2. The second-order valence-electron chi connectivity index (χ2n) is 4.32. The standard InChI is InChI=1S/C10H21NO2S/c1-4-6-10-8-5-7-9(2)11(10)14(3,12)13/h9-10H,4-8H2,1-3H3. The quantitative estimate of drug-likeness (QED) is 0.728. The van der Waals surface area contributed by atoms with Gasteiger partial charge in [-0.3, -0.25) is 0 Å². The van der Waals surface area contributed by atoms with Crippen LogP contribution in [0.3, 0.4) is 0 Å². The zero-order valence-electron chi connectivity index (χ0n) is 9.36. The maximum absolute atomic E-state index is 11.6. The van der Waals surface area contributed by atoms with Crippen molar-refractivity contribution in [3.8, 4) is 0 Å². The molecule has 2 atom stereocenters. The maximum Gasteiger partial charge on any atom is 0.211 e. The monoisotopic (exact) mass is 219 g/mol. The van der Waals surface area contributed by atoms with Crippen molar-refractivity contribution in [1.29, 1.82) is 0 Å². The lowest BCUT2D eigenvalue weighted by molar-refractivity contribution is 0.183. The van der Waals surface area contributed by atoms with Gasteiger partial charge in [-0.15, -0.1) is 0 Å². The molecule has 2 unspecified atom stereocenters. The van der Waals surface area contributed by atoms with Crippen LogP contribution in [0.5, 0.6) is 0 Å². The van der Waals surface area contributed by atoms with Gasteiger partial charge in [-0.1, -0.05) is 19.8 Å². The van der Waals surface area contributed by atoms with Crippen LogP contribution in [0.4, 0.5) is 0 Å². The van der Waals surface area contributed by atoms with E-state index in [1.807, 2.05) is 6.92 Å². The molecule has 1 fully saturated rings. The molecule has 0 aromatic rings. The molecule has 0 radical (unpaired) electrons. The topological polar surface area (TPSA) is 37.4 Å². The Hall–Kier alpha value is -0.0900. The highest BCUT2D eigenvalue weighted by Crippen LogP contribution is 2.27. The molecule has 4 heteroatoms. The van der Waals surface area contributed by atoms with Gasteiger partial charge in [0.2, 0.25) is 10.0 Å². The number of hydrogen-bond donors (Lipinski definition) is 0. The molecule has 0 aliphatic carbocycles. The summed E-state index contributed by atoms with van der Waals surface area (Å²) in [4.78, 5) is 0. The SMILES string of the molecule is CCCC1CCCC(C)N1S(C)(=O)=O. The number of rotatable bonds is 3. The summed E-state index contributed by atoms with van der Waals surface area (Å²) in [6.07, 6.45) is 6.59. The van der Waals surface area contributed by atoms with Crippen molar-refractivity contribution in [3.63, 3.8) is 0 Å². The molecule has 1 aliphatic rings. The lowest BCUT2D eigenvalue weighted by Gasteiger charge is -2.38. The predicted octanol–water partition coefficient (Wildman–Crippen LogP) is 1.99. The van der Waals surface area contributed by atoms with E-state index in [1.165, 1.54) is 6.26 Å². The highest BCUT2D eigenvalue weighted by Gasteiger charge is 2.33. The normalized spacial score (nSPS) is 30.5. The first-order chi connectivity index (χ1) is 6.46. The summed E-state index contributed by atoms with van der Waals surface area (Å²) >= 11 is 0. The Morgan fingerprint density at radius 2 is 2.00 bits per heavy atom. The van der Waals surface area contributed by atoms with E-state index in [2.05, 4.69) is 6.92 Å². The number of nitrogens with zero attached hydrogens (tertiary/aromatic N) is 1. The zero-order valence-corrected chi connectivity index (χ0v) is 10.2. The minimum atomic E-state index is -3.01. The second-order valence-corrected chi connectivity index (χ2v) is 6.20. The predicted molar refractivity (Wildman–Crippen MR) is 58.7 cm³/mol. The van der Waals surface area contributed by atoms with E-state index >= 15 is 0 Å². The van der Waals surface area contributed by atoms with Crippen LogP contribution in [0.2, 0.25) is 0 Å². The molecular weight excluding hydrogens is 198 g/mol. The van der Waals surface area contributed by atoms with E-state index in [0.717, 1.165) is 32.1 Å². The fourth-order valence-electron chi connectivity index (χ4n) is 2.47. The number of piperidine rings is 1. The fraction of sp³-hybridized carbons (Fsp3) is 1.00. The molecule has 1 heterocycles. The van der Waals surface area contributed by atoms with Gasteiger partial charge in [0, 0.05) is 12.1 Å². The molecular formula is C10H21NO2S. The summed E-state index contributed by atoms with van der Waals surface area (Å²) in [7, 11) is -3.01. The fourth-order valence-corrected chi connectivity index (χ4v) is 3.98. The molecule has 0 saturated carbocycles. The smallest absolute Gasteiger partial charge is 0.211 e. The van der Waals surface area contributed by atoms with Gasteiger partial charge in [0.25, 0.3) is 0 Å². The summed E-state index contributed by atoms with van der Waals surface area (Å²) in [5.74, 6) is 0. The molecule has 0 bridgehead atoms. The molecule has 14 heavy (non-hydrogen) atoms. The minimum absolute atomic E-state index is 0.190. The van der Waals surface area contributed by atoms with Crippen LogP contribution < -0.4 is 0 Å². The van der Waals surface area contributed by atoms with Gasteiger partial charge in [-0.25, -0.2) is 8.42 Å². The maximum atomic E-state index is 11.6. The van der Waals surface area contributed by atoms with Crippen molar-refractivity contribution in [1.82, 2.24) is 4.31 Å². The van der Waals surface area contributed by atoms with Gasteiger partial charge in [-0.2, -0.15) is 4.31 Å². The summed E-state index contributed by atoms with van der Waals surface area (Å²) in [6, 6.07) is 0.439. The first-order valence-electron chi connectivity index (χ1n) is 5.45. The molecule has 0 amide bonds. The van der Waals surface area contributed by atoms with Gasteiger partial charge >= 0.3 is 0 Å². The third kappa shape index (κ3) is 2.70. The van der Waals surface area contributed by atoms with Crippen LogP contribution in [0, 0.1) is 0 Å².